The number of nitro benzene ring substituents is 2. The minimum absolute atomic E-state index is 0.00414. The van der Waals surface area contributed by atoms with E-state index in [0.717, 1.165) is 24.3 Å². The molecule has 0 amide bonds. The van der Waals surface area contributed by atoms with Crippen molar-refractivity contribution in [2.45, 2.75) is 163 Å². The Hall–Kier alpha value is -6.35. The highest BCUT2D eigenvalue weighted by Gasteiger charge is 2.47. The van der Waals surface area contributed by atoms with E-state index in [4.69, 9.17) is 73.3 Å². The number of carbonyl (C=O) groups excluding carboxylic acids is 7. The molecule has 0 aromatic heterocycles. The first-order valence-corrected chi connectivity index (χ1v) is 28.2. The smallest absolute Gasteiger partial charge is 0.304 e. The molecule has 0 saturated carbocycles. The Balaban J connectivity index is 0.000000385. The van der Waals surface area contributed by atoms with Gasteiger partial charge in [-0.25, -0.2) is 0 Å². The number of aldehydes is 2. The number of halogens is 1. The average molecular weight is 1290 g/mol. The normalized spacial score (nSPS) is 31.8. The Morgan fingerprint density at radius 2 is 0.965 bits per heavy atom. The molecule has 4 saturated heterocycles. The van der Waals surface area contributed by atoms with E-state index in [9.17, 15) is 53.8 Å². The van der Waals surface area contributed by atoms with E-state index >= 15 is 0 Å². The number of aliphatic hydroxyl groups excluding tert-OH is 5. The summed E-state index contributed by atoms with van der Waals surface area (Å²) in [7, 11) is 0. The monoisotopic (exact) mass is 1290 g/mol. The Morgan fingerprint density at radius 3 is 1.41 bits per heavy atom. The molecular formula is C56H81BrN2O27. The average Bonchev–Trinajstić information content (AvgIpc) is 2.35. The molecule has 0 spiro atoms. The number of carbonyl (C=O) groups is 7. The van der Waals surface area contributed by atoms with Crippen LogP contribution in [0.4, 0.5) is 11.4 Å². The Morgan fingerprint density at radius 1 is 0.535 bits per heavy atom. The van der Waals surface area contributed by atoms with Gasteiger partial charge in [-0.15, -0.1) is 0 Å². The molecule has 30 heteroatoms. The summed E-state index contributed by atoms with van der Waals surface area (Å²) in [5.41, 5.74) is -0.610. The van der Waals surface area contributed by atoms with Gasteiger partial charge in [0.05, 0.1) is 45.9 Å². The zero-order valence-corrected chi connectivity index (χ0v) is 51.6. The molecule has 4 fully saturated rings. The fourth-order valence-corrected chi connectivity index (χ4v) is 9.70. The summed E-state index contributed by atoms with van der Waals surface area (Å²) in [6.45, 7) is 23.1. The summed E-state index contributed by atoms with van der Waals surface area (Å²) in [5, 5.41) is 74.8. The van der Waals surface area contributed by atoms with Crippen LogP contribution >= 0.6 is 15.9 Å². The van der Waals surface area contributed by atoms with Crippen LogP contribution in [-0.4, -0.2) is 182 Å². The lowest BCUT2D eigenvalue weighted by Crippen LogP contribution is -2.58. The number of rotatable bonds is 15. The SMILES string of the molecule is CC(=O)OCC1OC(OC(C)=O)C(C)[C@@H](C)[C@H]1C.CC(=O)OCC1O[C@@H](Oc2ccc([N+](=O)[O-])cc2C=O)C(OC(C)=O)[C@@H](C)[C@H]1C.CC(=O)OCC1O[C@H](Br)C(C)[C@@H](C)[C@H]1C.O=Cc1cc([N+](=O)[O-])ccc1O.OCC1OC(O)C(O)[C@@H](O)[C@H]1O. The lowest BCUT2D eigenvalue weighted by molar-refractivity contribution is -0.385. The molecule has 0 radical (unpaired) electrons. The maximum atomic E-state index is 11.6. The van der Waals surface area contributed by atoms with Crippen LogP contribution in [0.25, 0.3) is 0 Å². The van der Waals surface area contributed by atoms with Crippen molar-refractivity contribution in [2.24, 2.45) is 47.3 Å². The van der Waals surface area contributed by atoms with Crippen molar-refractivity contribution in [3.63, 3.8) is 0 Å². The van der Waals surface area contributed by atoms with Crippen LogP contribution in [0.5, 0.6) is 11.5 Å². The van der Waals surface area contributed by atoms with Crippen LogP contribution in [0, 0.1) is 67.6 Å². The molecule has 4 aliphatic heterocycles. The number of phenolic OH excluding ortho intramolecular Hbond substituents is 1. The van der Waals surface area contributed by atoms with Gasteiger partial charge in [-0.2, -0.15) is 0 Å². The zero-order chi connectivity index (χ0) is 65.6. The summed E-state index contributed by atoms with van der Waals surface area (Å²) >= 11 is 3.51. The number of alkyl halides is 1. The quantitative estimate of drug-likeness (QED) is 0.0357. The number of nitro groups is 2. The molecule has 10 unspecified atom stereocenters. The summed E-state index contributed by atoms with van der Waals surface area (Å²) in [6.07, 6.45) is -9.49. The Kier molecular flexibility index (Phi) is 31.8. The molecule has 20 atom stereocenters. The maximum Gasteiger partial charge on any atom is 0.304 e. The molecule has 2 aromatic rings. The number of esters is 5. The van der Waals surface area contributed by atoms with Gasteiger partial charge < -0.3 is 78.0 Å². The molecule has 484 valence electrons. The molecule has 29 nitrogen and oxygen atoms in total. The molecular weight excluding hydrogens is 1210 g/mol. The summed E-state index contributed by atoms with van der Waals surface area (Å²) in [5.74, 6) is -0.384. The van der Waals surface area contributed by atoms with Crippen LogP contribution in [0.1, 0.15) is 111 Å². The highest BCUT2D eigenvalue weighted by molar-refractivity contribution is 9.09. The topological polar surface area (TPSA) is 419 Å². The number of aromatic hydroxyl groups is 1. The molecule has 4 heterocycles. The number of phenols is 1. The van der Waals surface area contributed by atoms with Gasteiger partial charge in [-0.05, 0) is 47.6 Å². The molecule has 86 heavy (non-hydrogen) atoms. The van der Waals surface area contributed by atoms with E-state index < -0.39 is 83.9 Å². The number of hydrogen-bond acceptors (Lipinski definition) is 27. The predicted octanol–water partition coefficient (Wildman–Crippen LogP) is 4.49. The molecule has 0 bridgehead atoms. The van der Waals surface area contributed by atoms with Crippen molar-refractivity contribution < 1.29 is 121 Å². The first-order chi connectivity index (χ1) is 40.1. The fourth-order valence-electron chi connectivity index (χ4n) is 8.94. The van der Waals surface area contributed by atoms with Crippen LogP contribution in [0.3, 0.4) is 0 Å². The van der Waals surface area contributed by atoms with Gasteiger partial charge in [-0.1, -0.05) is 71.3 Å². The highest BCUT2D eigenvalue weighted by Crippen LogP contribution is 2.39. The van der Waals surface area contributed by atoms with Crippen LogP contribution in [-0.2, 0) is 66.6 Å². The molecule has 6 N–H and O–H groups in total. The van der Waals surface area contributed by atoms with Crippen LogP contribution in [0.15, 0.2) is 36.4 Å². The summed E-state index contributed by atoms with van der Waals surface area (Å²) in [4.78, 5) is 96.8. The Bertz CT molecular complexity index is 2570. The number of ether oxygens (including phenoxy) is 10. The number of non-ortho nitro benzene ring substituents is 2. The van der Waals surface area contributed by atoms with Crippen molar-refractivity contribution in [1.29, 1.82) is 0 Å². The lowest BCUT2D eigenvalue weighted by Gasteiger charge is -2.43. The number of nitrogens with zero attached hydrogens (tertiary/aromatic N) is 2. The third-order valence-corrected chi connectivity index (χ3v) is 16.2. The highest BCUT2D eigenvalue weighted by atomic mass is 79.9. The fraction of sp³-hybridized carbons (Fsp3) is 0.661. The minimum atomic E-state index is -1.57. The van der Waals surface area contributed by atoms with E-state index in [2.05, 4.69) is 55.3 Å². The predicted molar refractivity (Wildman–Crippen MR) is 301 cm³/mol. The van der Waals surface area contributed by atoms with Crippen LogP contribution < -0.4 is 4.74 Å². The maximum absolute atomic E-state index is 11.6. The first kappa shape index (κ1) is 75.7. The van der Waals surface area contributed by atoms with Gasteiger partial charge >= 0.3 is 29.8 Å². The molecule has 6 rings (SSSR count). The van der Waals surface area contributed by atoms with Crippen LogP contribution in [0.2, 0.25) is 0 Å². The van der Waals surface area contributed by atoms with E-state index in [1.54, 1.807) is 0 Å². The van der Waals surface area contributed by atoms with E-state index in [1.807, 2.05) is 20.8 Å². The van der Waals surface area contributed by atoms with Crippen molar-refractivity contribution in [3.05, 3.63) is 67.8 Å². The number of benzene rings is 2. The second kappa shape index (κ2) is 36.1. The number of hydrogen-bond donors (Lipinski definition) is 6. The van der Waals surface area contributed by atoms with Crippen molar-refractivity contribution in [3.8, 4) is 11.5 Å². The van der Waals surface area contributed by atoms with E-state index in [1.165, 1.54) is 46.8 Å². The molecule has 0 aliphatic carbocycles. The molecule has 4 aliphatic rings. The van der Waals surface area contributed by atoms with Gasteiger partial charge in [0.15, 0.2) is 25.0 Å². The van der Waals surface area contributed by atoms with Crippen molar-refractivity contribution >= 4 is 69.7 Å². The van der Waals surface area contributed by atoms with E-state index in [-0.39, 0.29) is 106 Å². The van der Waals surface area contributed by atoms with Gasteiger partial charge in [0, 0.05) is 70.7 Å². The van der Waals surface area contributed by atoms with E-state index in [0.29, 0.717) is 42.9 Å². The van der Waals surface area contributed by atoms with Gasteiger partial charge in [0.1, 0.15) is 60.7 Å². The van der Waals surface area contributed by atoms with Gasteiger partial charge in [0.25, 0.3) is 11.4 Å². The largest absolute Gasteiger partial charge is 0.507 e. The second-order valence-corrected chi connectivity index (χ2v) is 22.0. The Labute approximate surface area is 505 Å². The minimum Gasteiger partial charge on any atom is -0.507 e. The standard InChI is InChI=1S/C19H23NO9.C13H22O5.C11H19BrO3.C7H5NO4.C6H12O6/c1-10-11(2)18(27-13(4)23)19(29-17(10)9-26-12(3)22)28-16-6-5-15(20(24)25)7-14(16)8-21;1-7-8(2)12(6-16-10(4)14)18-13(9(7)3)17-11(5)15;1-6-7(2)10(5-14-9(4)13)15-11(12)8(6)3;9-4-5-3-6(8(11)12)1-2-7(5)10;7-1-2-3(8)4(9)5(10)6(11)12-2/h5-8,10-11,17-19H,9H2,1-4H3;7-9,12-13H,6H2,1-5H3;6-8,10-11H,5H2,1-4H3;1-4,10H;2-11H,1H2/t10-,11+,17?,18?,19-;7-,8+,9?,12?,13?;6-,7+,8?,10?,11-;;2?,3-,4-,5?,6?/m100.0/s1. The van der Waals surface area contributed by atoms with Crippen molar-refractivity contribution in [2.75, 3.05) is 26.4 Å². The summed E-state index contributed by atoms with van der Waals surface area (Å²) in [6, 6.07) is 6.80. The third-order valence-electron chi connectivity index (χ3n) is 15.2. The van der Waals surface area contributed by atoms with Gasteiger partial charge in [-0.3, -0.25) is 53.8 Å². The lowest BCUT2D eigenvalue weighted by atomic mass is 9.79. The zero-order valence-electron chi connectivity index (χ0n) is 50.0. The number of aliphatic hydroxyl groups is 5. The summed E-state index contributed by atoms with van der Waals surface area (Å²) < 4.78 is 53.3. The van der Waals surface area contributed by atoms with Crippen molar-refractivity contribution in [1.82, 2.24) is 0 Å². The third kappa shape index (κ3) is 23.1. The second-order valence-electron chi connectivity index (χ2n) is 21.1. The molecule has 2 aromatic carbocycles. The first-order valence-electron chi connectivity index (χ1n) is 27.3. The van der Waals surface area contributed by atoms with Gasteiger partial charge in [0.2, 0.25) is 12.6 Å².